The number of aromatic nitrogens is 1. The standard InChI is InChI=1S/C11H15NO2/c13-11(14)10(8-3-1-2-4-8)9-5-6-12-7-9/h5-8,10,12H,1-4H2,(H,13,14). The lowest BCUT2D eigenvalue weighted by atomic mass is 9.86. The lowest BCUT2D eigenvalue weighted by Crippen LogP contribution is -2.18. The molecule has 0 radical (unpaired) electrons. The average Bonchev–Trinajstić information content (AvgIpc) is 2.75. The maximum absolute atomic E-state index is 11.2. The number of hydrogen-bond acceptors (Lipinski definition) is 1. The largest absolute Gasteiger partial charge is 0.481 e. The van der Waals surface area contributed by atoms with Gasteiger partial charge >= 0.3 is 5.97 Å². The molecule has 1 fully saturated rings. The second-order valence-corrected chi connectivity index (χ2v) is 4.00. The van der Waals surface area contributed by atoms with Crippen molar-refractivity contribution in [2.75, 3.05) is 0 Å². The number of hydrogen-bond donors (Lipinski definition) is 2. The Morgan fingerprint density at radius 3 is 2.71 bits per heavy atom. The molecule has 1 aromatic rings. The summed E-state index contributed by atoms with van der Waals surface area (Å²) in [5.74, 6) is -0.649. The van der Waals surface area contributed by atoms with Crippen LogP contribution in [0.2, 0.25) is 0 Å². The highest BCUT2D eigenvalue weighted by Gasteiger charge is 2.31. The van der Waals surface area contributed by atoms with E-state index in [1.165, 1.54) is 12.8 Å². The van der Waals surface area contributed by atoms with Gasteiger partial charge in [0, 0.05) is 12.4 Å². The predicted octanol–water partition coefficient (Wildman–Crippen LogP) is 2.37. The molecule has 0 amide bonds. The molecule has 76 valence electrons. The number of aromatic amines is 1. The van der Waals surface area contributed by atoms with Crippen molar-refractivity contribution >= 4 is 5.97 Å². The molecule has 1 saturated carbocycles. The molecule has 1 aliphatic rings. The van der Waals surface area contributed by atoms with Crippen molar-refractivity contribution in [1.82, 2.24) is 4.98 Å². The first-order valence-electron chi connectivity index (χ1n) is 5.14. The zero-order chi connectivity index (χ0) is 9.97. The van der Waals surface area contributed by atoms with E-state index in [0.717, 1.165) is 18.4 Å². The Morgan fingerprint density at radius 2 is 2.21 bits per heavy atom. The Bertz CT molecular complexity index is 299. The fourth-order valence-corrected chi connectivity index (χ4v) is 2.44. The van der Waals surface area contributed by atoms with Crippen LogP contribution in [0.3, 0.4) is 0 Å². The van der Waals surface area contributed by atoms with Gasteiger partial charge < -0.3 is 10.1 Å². The number of H-pyrrole nitrogens is 1. The molecule has 2 rings (SSSR count). The van der Waals surface area contributed by atoms with Crippen molar-refractivity contribution in [1.29, 1.82) is 0 Å². The van der Waals surface area contributed by atoms with Crippen molar-refractivity contribution in [2.24, 2.45) is 5.92 Å². The van der Waals surface area contributed by atoms with Gasteiger partial charge in [-0.2, -0.15) is 0 Å². The molecule has 0 aromatic carbocycles. The van der Waals surface area contributed by atoms with Gasteiger partial charge in [0.05, 0.1) is 5.92 Å². The van der Waals surface area contributed by atoms with Gasteiger partial charge in [-0.05, 0) is 30.4 Å². The molecule has 1 atom stereocenters. The second-order valence-electron chi connectivity index (χ2n) is 4.00. The van der Waals surface area contributed by atoms with Crippen molar-refractivity contribution in [3.63, 3.8) is 0 Å². The van der Waals surface area contributed by atoms with E-state index in [0.29, 0.717) is 5.92 Å². The van der Waals surface area contributed by atoms with Crippen molar-refractivity contribution < 1.29 is 9.90 Å². The van der Waals surface area contributed by atoms with E-state index < -0.39 is 5.97 Å². The van der Waals surface area contributed by atoms with E-state index in [2.05, 4.69) is 4.98 Å². The molecule has 2 N–H and O–H groups in total. The third-order valence-corrected chi connectivity index (χ3v) is 3.12. The van der Waals surface area contributed by atoms with Gasteiger partial charge in [0.2, 0.25) is 0 Å². The quantitative estimate of drug-likeness (QED) is 0.774. The Balaban J connectivity index is 2.19. The lowest BCUT2D eigenvalue weighted by Gasteiger charge is -2.17. The van der Waals surface area contributed by atoms with Gasteiger partial charge in [-0.25, -0.2) is 0 Å². The summed E-state index contributed by atoms with van der Waals surface area (Å²) in [5, 5.41) is 9.19. The fourth-order valence-electron chi connectivity index (χ4n) is 2.44. The molecule has 0 saturated heterocycles. The normalized spacial score (nSPS) is 19.7. The van der Waals surface area contributed by atoms with Crippen molar-refractivity contribution in [2.45, 2.75) is 31.6 Å². The average molecular weight is 193 g/mol. The summed E-state index contributed by atoms with van der Waals surface area (Å²) < 4.78 is 0. The molecular weight excluding hydrogens is 178 g/mol. The molecule has 0 spiro atoms. The molecular formula is C11H15NO2. The molecule has 14 heavy (non-hydrogen) atoms. The van der Waals surface area contributed by atoms with E-state index in [9.17, 15) is 9.90 Å². The zero-order valence-electron chi connectivity index (χ0n) is 8.07. The van der Waals surface area contributed by atoms with Crippen LogP contribution in [0.15, 0.2) is 18.5 Å². The van der Waals surface area contributed by atoms with Crippen molar-refractivity contribution in [3.05, 3.63) is 24.0 Å². The fraction of sp³-hybridized carbons (Fsp3) is 0.545. The highest BCUT2D eigenvalue weighted by Crippen LogP contribution is 2.37. The minimum absolute atomic E-state index is 0.302. The Morgan fingerprint density at radius 1 is 1.50 bits per heavy atom. The SMILES string of the molecule is O=C(O)C(c1cc[nH]c1)C1CCCC1. The van der Waals surface area contributed by atoms with Gasteiger partial charge in [0.1, 0.15) is 0 Å². The smallest absolute Gasteiger partial charge is 0.311 e. The Kier molecular flexibility index (Phi) is 2.57. The predicted molar refractivity (Wildman–Crippen MR) is 53.1 cm³/mol. The van der Waals surface area contributed by atoms with Crippen LogP contribution in [0, 0.1) is 5.92 Å². The van der Waals surface area contributed by atoms with Crippen LogP contribution in [0.5, 0.6) is 0 Å². The zero-order valence-corrected chi connectivity index (χ0v) is 8.07. The number of aliphatic carboxylic acids is 1. The van der Waals surface area contributed by atoms with Crippen LogP contribution in [0.1, 0.15) is 37.2 Å². The Labute approximate surface area is 83.1 Å². The van der Waals surface area contributed by atoms with Crippen LogP contribution in [0.25, 0.3) is 0 Å². The van der Waals surface area contributed by atoms with E-state index >= 15 is 0 Å². The highest BCUT2D eigenvalue weighted by molar-refractivity contribution is 5.76. The van der Waals surface area contributed by atoms with Gasteiger partial charge in [-0.15, -0.1) is 0 Å². The van der Waals surface area contributed by atoms with E-state index in [-0.39, 0.29) is 5.92 Å². The van der Waals surface area contributed by atoms with Gasteiger partial charge in [-0.3, -0.25) is 4.79 Å². The Hall–Kier alpha value is -1.25. The highest BCUT2D eigenvalue weighted by atomic mass is 16.4. The van der Waals surface area contributed by atoms with E-state index in [1.54, 1.807) is 12.4 Å². The first-order valence-corrected chi connectivity index (χ1v) is 5.14. The monoisotopic (exact) mass is 193 g/mol. The van der Waals surface area contributed by atoms with Crippen LogP contribution < -0.4 is 0 Å². The summed E-state index contributed by atoms with van der Waals surface area (Å²) in [6.07, 6.45) is 8.07. The molecule has 1 unspecified atom stereocenters. The summed E-state index contributed by atoms with van der Waals surface area (Å²) in [7, 11) is 0. The van der Waals surface area contributed by atoms with Gasteiger partial charge in [-0.1, -0.05) is 12.8 Å². The topological polar surface area (TPSA) is 53.1 Å². The second kappa shape index (κ2) is 3.86. The third kappa shape index (κ3) is 1.67. The first kappa shape index (κ1) is 9.31. The molecule has 0 aliphatic heterocycles. The minimum atomic E-state index is -0.684. The number of carbonyl (C=O) groups is 1. The molecule has 1 aliphatic carbocycles. The molecule has 1 aromatic heterocycles. The van der Waals surface area contributed by atoms with Crippen molar-refractivity contribution in [3.8, 4) is 0 Å². The summed E-state index contributed by atoms with van der Waals surface area (Å²) >= 11 is 0. The van der Waals surface area contributed by atoms with Gasteiger partial charge in [0.25, 0.3) is 0 Å². The van der Waals surface area contributed by atoms with E-state index in [1.807, 2.05) is 6.07 Å². The number of nitrogens with one attached hydrogen (secondary N) is 1. The third-order valence-electron chi connectivity index (χ3n) is 3.12. The minimum Gasteiger partial charge on any atom is -0.481 e. The summed E-state index contributed by atoms with van der Waals surface area (Å²) in [6, 6.07) is 1.87. The maximum Gasteiger partial charge on any atom is 0.311 e. The number of carboxylic acid groups (broad SMARTS) is 1. The summed E-state index contributed by atoms with van der Waals surface area (Å²) in [4.78, 5) is 14.1. The molecule has 3 nitrogen and oxygen atoms in total. The van der Waals surface area contributed by atoms with Gasteiger partial charge in [0.15, 0.2) is 0 Å². The van der Waals surface area contributed by atoms with Crippen LogP contribution >= 0.6 is 0 Å². The number of carboxylic acids is 1. The summed E-state index contributed by atoms with van der Waals surface area (Å²) in [6.45, 7) is 0. The van der Waals surface area contributed by atoms with Crippen LogP contribution in [-0.4, -0.2) is 16.1 Å². The van der Waals surface area contributed by atoms with Crippen LogP contribution in [-0.2, 0) is 4.79 Å². The first-order chi connectivity index (χ1) is 6.79. The molecule has 3 heteroatoms. The number of rotatable bonds is 3. The summed E-state index contributed by atoms with van der Waals surface area (Å²) in [5.41, 5.74) is 0.921. The lowest BCUT2D eigenvalue weighted by molar-refractivity contribution is -0.140. The molecule has 1 heterocycles. The van der Waals surface area contributed by atoms with Crippen LogP contribution in [0.4, 0.5) is 0 Å². The maximum atomic E-state index is 11.2. The molecule has 0 bridgehead atoms. The van der Waals surface area contributed by atoms with E-state index in [4.69, 9.17) is 0 Å².